The number of aryl methyl sites for hydroxylation is 1. The van der Waals surface area contributed by atoms with Crippen molar-refractivity contribution in [1.29, 1.82) is 0 Å². The molecule has 76 valence electrons. The fraction of sp³-hybridized carbons (Fsp3) is 0.636. The maximum absolute atomic E-state index is 3.29. The van der Waals surface area contributed by atoms with Crippen LogP contribution >= 0.6 is 0 Å². The summed E-state index contributed by atoms with van der Waals surface area (Å²) < 4.78 is 1.91. The third kappa shape index (κ3) is 4.22. The Bertz CT molecular complexity index is 241. The summed E-state index contributed by atoms with van der Waals surface area (Å²) in [4.78, 5) is 0. The number of rotatable bonds is 2. The monoisotopic (exact) mass is 303 g/mol. The predicted octanol–water partition coefficient (Wildman–Crippen LogP) is 2.87. The van der Waals surface area contributed by atoms with Crippen LogP contribution in [0.5, 0.6) is 0 Å². The molecule has 0 saturated carbocycles. The van der Waals surface area contributed by atoms with Gasteiger partial charge < -0.3 is 16.3 Å². The molecule has 0 spiro atoms. The van der Waals surface area contributed by atoms with Crippen LogP contribution in [0.4, 0.5) is 0 Å². The molecule has 1 aromatic heterocycles. The van der Waals surface area contributed by atoms with E-state index in [0.29, 0.717) is 11.8 Å². The van der Waals surface area contributed by atoms with Crippen molar-refractivity contribution in [3.63, 3.8) is 0 Å². The minimum Gasteiger partial charge on any atom is -0.611 e. The minimum atomic E-state index is 0. The van der Waals surface area contributed by atoms with Gasteiger partial charge in [-0.3, -0.25) is 11.8 Å². The van der Waals surface area contributed by atoms with Crippen LogP contribution in [0.25, 0.3) is 0 Å². The van der Waals surface area contributed by atoms with E-state index in [1.807, 2.05) is 11.6 Å². The van der Waals surface area contributed by atoms with E-state index >= 15 is 0 Å². The van der Waals surface area contributed by atoms with Crippen molar-refractivity contribution >= 4 is 0 Å². The first-order valence-electron chi connectivity index (χ1n) is 4.53. The predicted molar refractivity (Wildman–Crippen MR) is 51.3 cm³/mol. The average Bonchev–Trinajstić information content (AvgIpc) is 2.31. The van der Waals surface area contributed by atoms with Crippen molar-refractivity contribution in [2.24, 2.45) is 7.05 Å². The van der Waals surface area contributed by atoms with Crippen LogP contribution in [-0.2, 0) is 58.3 Å². The fourth-order valence-corrected chi connectivity index (χ4v) is 1.39. The molecule has 2 radical (unpaired) electrons. The summed E-state index contributed by atoms with van der Waals surface area (Å²) in [6.45, 7) is 8.80. The Morgan fingerprint density at radius 1 is 0.929 bits per heavy atom. The molecule has 1 heterocycles. The largest absolute Gasteiger partial charge is 0.611 e. The summed E-state index contributed by atoms with van der Waals surface area (Å²) in [5.41, 5.74) is 2.63. The Balaban J connectivity index is 0. The van der Waals surface area contributed by atoms with Crippen LogP contribution in [0, 0.1) is 12.4 Å². The second kappa shape index (κ2) is 7.28. The number of hydrogen-bond acceptors (Lipinski definition) is 0. The molecule has 3 heteroatoms. The van der Waals surface area contributed by atoms with Gasteiger partial charge in [0.05, 0.1) is 0 Å². The van der Waals surface area contributed by atoms with E-state index in [1.165, 1.54) is 11.1 Å². The first kappa shape index (κ1) is 17.4. The smallest absolute Gasteiger partial charge is 0 e. The van der Waals surface area contributed by atoms with Crippen LogP contribution in [0.3, 0.4) is 0 Å². The van der Waals surface area contributed by atoms with E-state index in [9.17, 15) is 0 Å². The standard InChI is InChI=1S/C11H17N.V.Y/c1-8(2)10-6-12(5)7-11(10)9(3)4;;/h8-9H,1-5H3;;/q-2;;. The molecule has 1 aromatic rings. The average molecular weight is 303 g/mol. The van der Waals surface area contributed by atoms with Gasteiger partial charge in [0.15, 0.2) is 0 Å². The summed E-state index contributed by atoms with van der Waals surface area (Å²) in [6.07, 6.45) is 6.57. The molecule has 0 aliphatic carbocycles. The Kier molecular flexibility index (Phi) is 9.03. The molecular weight excluding hydrogens is 286 g/mol. The maximum atomic E-state index is 3.29. The first-order valence-corrected chi connectivity index (χ1v) is 4.53. The Labute approximate surface area is 125 Å². The molecule has 0 fully saturated rings. The van der Waals surface area contributed by atoms with E-state index in [-0.39, 0.29) is 51.3 Å². The molecule has 0 bridgehead atoms. The van der Waals surface area contributed by atoms with Crippen molar-refractivity contribution in [1.82, 2.24) is 4.57 Å². The molecule has 0 aliphatic rings. The van der Waals surface area contributed by atoms with Gasteiger partial charge in [0, 0.05) is 51.3 Å². The SMILES string of the molecule is CC(C)c1[c-]n(C)[c-]c1C(C)C.[V].[Y]. The van der Waals surface area contributed by atoms with Crippen LogP contribution < -0.4 is 0 Å². The van der Waals surface area contributed by atoms with Gasteiger partial charge in [-0.25, -0.2) is 0 Å². The van der Waals surface area contributed by atoms with E-state index in [0.717, 1.165) is 0 Å². The molecule has 1 nitrogen and oxygen atoms in total. The molecule has 0 amide bonds. The number of nitrogens with zero attached hydrogens (tertiary/aromatic N) is 1. The topological polar surface area (TPSA) is 4.93 Å². The van der Waals surface area contributed by atoms with Gasteiger partial charge in [0.25, 0.3) is 0 Å². The van der Waals surface area contributed by atoms with E-state index < -0.39 is 0 Å². The Hall–Kier alpha value is 0.968. The van der Waals surface area contributed by atoms with Gasteiger partial charge in [0.2, 0.25) is 0 Å². The fourth-order valence-electron chi connectivity index (χ4n) is 1.39. The first-order chi connectivity index (χ1) is 5.52. The molecule has 14 heavy (non-hydrogen) atoms. The molecule has 0 unspecified atom stereocenters. The normalized spacial score (nSPS) is 9.93. The van der Waals surface area contributed by atoms with E-state index in [1.54, 1.807) is 0 Å². The molecular formula is C11H17NVY-2. The van der Waals surface area contributed by atoms with Crippen molar-refractivity contribution in [3.05, 3.63) is 23.5 Å². The van der Waals surface area contributed by atoms with Crippen molar-refractivity contribution in [2.45, 2.75) is 39.5 Å². The summed E-state index contributed by atoms with van der Waals surface area (Å²) in [5, 5.41) is 0. The van der Waals surface area contributed by atoms with Crippen molar-refractivity contribution < 1.29 is 51.3 Å². The quantitative estimate of drug-likeness (QED) is 0.740. The van der Waals surface area contributed by atoms with Gasteiger partial charge >= 0.3 is 0 Å². The van der Waals surface area contributed by atoms with Crippen molar-refractivity contribution in [2.75, 3.05) is 0 Å². The Morgan fingerprint density at radius 3 is 1.43 bits per heavy atom. The molecule has 0 aromatic carbocycles. The Morgan fingerprint density at radius 2 is 1.21 bits per heavy atom. The maximum Gasteiger partial charge on any atom is 0 e. The second-order valence-electron chi connectivity index (χ2n) is 3.92. The van der Waals surface area contributed by atoms with Crippen LogP contribution in [-0.4, -0.2) is 4.57 Å². The van der Waals surface area contributed by atoms with Gasteiger partial charge in [-0.05, 0) is 7.05 Å². The summed E-state index contributed by atoms with van der Waals surface area (Å²) >= 11 is 0. The zero-order valence-electron chi connectivity index (χ0n) is 9.63. The molecule has 0 atom stereocenters. The third-order valence-corrected chi connectivity index (χ3v) is 2.02. The zero-order valence-corrected chi connectivity index (χ0v) is 13.9. The summed E-state index contributed by atoms with van der Waals surface area (Å²) in [5.74, 6) is 1.11. The van der Waals surface area contributed by atoms with Gasteiger partial charge in [-0.15, -0.1) is 5.92 Å². The van der Waals surface area contributed by atoms with Crippen LogP contribution in [0.15, 0.2) is 0 Å². The van der Waals surface area contributed by atoms with Gasteiger partial charge in [0.1, 0.15) is 0 Å². The molecule has 0 saturated heterocycles. The third-order valence-electron chi connectivity index (χ3n) is 2.02. The van der Waals surface area contributed by atoms with E-state index in [2.05, 4.69) is 40.1 Å². The molecule has 0 N–H and O–H groups in total. The molecule has 1 rings (SSSR count). The van der Waals surface area contributed by atoms with Gasteiger partial charge in [-0.1, -0.05) is 33.6 Å². The summed E-state index contributed by atoms with van der Waals surface area (Å²) in [6, 6.07) is 0. The van der Waals surface area contributed by atoms with Gasteiger partial charge in [-0.2, -0.15) is 0 Å². The summed E-state index contributed by atoms with van der Waals surface area (Å²) in [7, 11) is 1.98. The van der Waals surface area contributed by atoms with Crippen molar-refractivity contribution in [3.8, 4) is 0 Å². The molecule has 0 aliphatic heterocycles. The number of hydrogen-bond donors (Lipinski definition) is 0. The van der Waals surface area contributed by atoms with E-state index in [4.69, 9.17) is 0 Å². The van der Waals surface area contributed by atoms with Crippen LogP contribution in [0.2, 0.25) is 0 Å². The second-order valence-corrected chi connectivity index (χ2v) is 3.92. The minimum absolute atomic E-state index is 0. The van der Waals surface area contributed by atoms with Crippen LogP contribution in [0.1, 0.15) is 50.7 Å². The zero-order chi connectivity index (χ0) is 9.30. The number of aromatic nitrogens is 1.